The van der Waals surface area contributed by atoms with E-state index in [0.29, 0.717) is 43.2 Å². The number of ether oxygens (including phenoxy) is 2. The zero-order chi connectivity index (χ0) is 17.8. The summed E-state index contributed by atoms with van der Waals surface area (Å²) in [6.07, 6.45) is 3.92. The van der Waals surface area contributed by atoms with E-state index in [2.05, 4.69) is 0 Å². The molecule has 0 radical (unpaired) electrons. The first-order valence-corrected chi connectivity index (χ1v) is 8.75. The molecule has 2 aliphatic heterocycles. The third-order valence-corrected chi connectivity index (χ3v) is 4.68. The van der Waals surface area contributed by atoms with Crippen molar-refractivity contribution < 1.29 is 19.1 Å². The van der Waals surface area contributed by atoms with Crippen LogP contribution in [0.25, 0.3) is 6.08 Å². The van der Waals surface area contributed by atoms with Crippen LogP contribution in [-0.2, 0) is 9.59 Å². The number of primary amides is 1. The van der Waals surface area contributed by atoms with Gasteiger partial charge < -0.3 is 20.1 Å². The molecule has 0 aliphatic carbocycles. The Balaban J connectivity index is 1.68. The minimum atomic E-state index is -0.269. The first-order chi connectivity index (χ1) is 12.1. The molecule has 6 nitrogen and oxygen atoms in total. The summed E-state index contributed by atoms with van der Waals surface area (Å²) in [7, 11) is 0. The van der Waals surface area contributed by atoms with E-state index in [-0.39, 0.29) is 24.3 Å². The molecule has 3 rings (SSSR count). The quantitative estimate of drug-likeness (QED) is 0.885. The number of carbonyl (C=O) groups is 2. The first-order valence-electron chi connectivity index (χ1n) is 8.75. The van der Waals surface area contributed by atoms with E-state index >= 15 is 0 Å². The molecule has 0 unspecified atom stereocenters. The number of hydrogen-bond acceptors (Lipinski definition) is 4. The van der Waals surface area contributed by atoms with Gasteiger partial charge >= 0.3 is 0 Å². The molecular weight excluding hydrogens is 320 g/mol. The second kappa shape index (κ2) is 7.59. The summed E-state index contributed by atoms with van der Waals surface area (Å²) in [5.74, 6) is 1.42. The van der Waals surface area contributed by atoms with Gasteiger partial charge in [0.15, 0.2) is 11.5 Å². The van der Waals surface area contributed by atoms with E-state index in [0.717, 1.165) is 18.4 Å². The van der Waals surface area contributed by atoms with Crippen LogP contribution in [0.2, 0.25) is 0 Å². The highest BCUT2D eigenvalue weighted by Crippen LogP contribution is 2.36. The Morgan fingerprint density at radius 3 is 2.76 bits per heavy atom. The number of carbonyl (C=O) groups excluding carboxylic acids is 2. The highest BCUT2D eigenvalue weighted by atomic mass is 16.5. The maximum atomic E-state index is 12.8. The largest absolute Gasteiger partial charge is 0.490 e. The summed E-state index contributed by atoms with van der Waals surface area (Å²) >= 11 is 0. The van der Waals surface area contributed by atoms with Crippen LogP contribution in [0.1, 0.15) is 31.7 Å². The van der Waals surface area contributed by atoms with Gasteiger partial charge in [-0.1, -0.05) is 12.1 Å². The third kappa shape index (κ3) is 3.95. The van der Waals surface area contributed by atoms with E-state index in [4.69, 9.17) is 15.2 Å². The SMILES string of the molecule is CCOc1cccc2c1OCC(C(=O)N1CCC(CC(N)=O)CC1)=C2. The smallest absolute Gasteiger partial charge is 0.253 e. The zero-order valence-corrected chi connectivity index (χ0v) is 14.5. The number of para-hydroxylation sites is 1. The minimum Gasteiger partial charge on any atom is -0.490 e. The number of rotatable bonds is 5. The molecule has 0 saturated carbocycles. The maximum Gasteiger partial charge on any atom is 0.253 e. The van der Waals surface area contributed by atoms with Crippen molar-refractivity contribution in [2.45, 2.75) is 26.2 Å². The molecule has 1 fully saturated rings. The maximum absolute atomic E-state index is 12.8. The molecule has 6 heteroatoms. The fourth-order valence-electron chi connectivity index (χ4n) is 3.40. The molecule has 134 valence electrons. The number of nitrogens with zero attached hydrogens (tertiary/aromatic N) is 1. The number of amides is 2. The van der Waals surface area contributed by atoms with E-state index < -0.39 is 0 Å². The molecule has 1 saturated heterocycles. The minimum absolute atomic E-state index is 0.00462. The molecule has 2 aliphatic rings. The van der Waals surface area contributed by atoms with Crippen LogP contribution < -0.4 is 15.2 Å². The van der Waals surface area contributed by atoms with Gasteiger partial charge in [0.25, 0.3) is 5.91 Å². The van der Waals surface area contributed by atoms with Crippen molar-refractivity contribution >= 4 is 17.9 Å². The van der Waals surface area contributed by atoms with Gasteiger partial charge in [-0.05, 0) is 37.8 Å². The third-order valence-electron chi connectivity index (χ3n) is 4.68. The number of hydrogen-bond donors (Lipinski definition) is 1. The Bertz CT molecular complexity index is 691. The van der Waals surface area contributed by atoms with Gasteiger partial charge in [0.2, 0.25) is 5.91 Å². The Hall–Kier alpha value is -2.50. The predicted molar refractivity (Wildman–Crippen MR) is 94.2 cm³/mol. The van der Waals surface area contributed by atoms with E-state index in [1.165, 1.54) is 0 Å². The van der Waals surface area contributed by atoms with Crippen LogP contribution in [0.3, 0.4) is 0 Å². The molecule has 25 heavy (non-hydrogen) atoms. The van der Waals surface area contributed by atoms with E-state index in [1.54, 1.807) is 0 Å². The highest BCUT2D eigenvalue weighted by molar-refractivity contribution is 5.99. The first kappa shape index (κ1) is 17.3. The van der Waals surface area contributed by atoms with Gasteiger partial charge in [0.1, 0.15) is 6.61 Å². The van der Waals surface area contributed by atoms with Crippen molar-refractivity contribution in [3.05, 3.63) is 29.3 Å². The Kier molecular flexibility index (Phi) is 5.26. The molecule has 2 N–H and O–H groups in total. The lowest BCUT2D eigenvalue weighted by Gasteiger charge is -2.32. The molecule has 0 aromatic heterocycles. The molecule has 0 spiro atoms. The summed E-state index contributed by atoms with van der Waals surface area (Å²) in [5, 5.41) is 0. The van der Waals surface area contributed by atoms with Gasteiger partial charge in [-0.15, -0.1) is 0 Å². The average Bonchev–Trinajstić information content (AvgIpc) is 2.61. The van der Waals surface area contributed by atoms with Crippen molar-refractivity contribution in [1.82, 2.24) is 4.90 Å². The summed E-state index contributed by atoms with van der Waals surface area (Å²) in [5.41, 5.74) is 6.77. The highest BCUT2D eigenvalue weighted by Gasteiger charge is 2.28. The van der Waals surface area contributed by atoms with E-state index in [9.17, 15) is 9.59 Å². The van der Waals surface area contributed by atoms with Crippen LogP contribution in [-0.4, -0.2) is 43.0 Å². The summed E-state index contributed by atoms with van der Waals surface area (Å²) in [6.45, 7) is 4.04. The standard InChI is InChI=1S/C19H24N2O4/c1-2-24-16-5-3-4-14-11-15(12-25-18(14)16)19(23)21-8-6-13(7-9-21)10-17(20)22/h3-5,11,13H,2,6-10,12H2,1H3,(H2,20,22). The molecule has 1 aromatic carbocycles. The number of likely N-dealkylation sites (tertiary alicyclic amines) is 1. The van der Waals surface area contributed by atoms with Gasteiger partial charge in [0, 0.05) is 25.1 Å². The summed E-state index contributed by atoms with van der Waals surface area (Å²) in [6, 6.07) is 5.68. The Morgan fingerprint density at radius 1 is 1.32 bits per heavy atom. The molecular formula is C19H24N2O4. The van der Waals surface area contributed by atoms with Gasteiger partial charge in [0.05, 0.1) is 12.2 Å². The Morgan fingerprint density at radius 2 is 2.08 bits per heavy atom. The second-order valence-electron chi connectivity index (χ2n) is 6.47. The average molecular weight is 344 g/mol. The summed E-state index contributed by atoms with van der Waals surface area (Å²) in [4.78, 5) is 25.6. The number of benzene rings is 1. The normalized spacial score (nSPS) is 17.3. The molecule has 2 heterocycles. The van der Waals surface area contributed by atoms with Crippen molar-refractivity contribution in [3.8, 4) is 11.5 Å². The van der Waals surface area contributed by atoms with Crippen LogP contribution in [0.5, 0.6) is 11.5 Å². The van der Waals surface area contributed by atoms with Gasteiger partial charge in [-0.2, -0.15) is 0 Å². The fraction of sp³-hybridized carbons (Fsp3) is 0.474. The van der Waals surface area contributed by atoms with Gasteiger partial charge in [-0.3, -0.25) is 9.59 Å². The predicted octanol–water partition coefficient (Wildman–Crippen LogP) is 1.98. The van der Waals surface area contributed by atoms with Crippen molar-refractivity contribution in [1.29, 1.82) is 0 Å². The van der Waals surface area contributed by atoms with Crippen LogP contribution in [0.4, 0.5) is 0 Å². The Labute approximate surface area is 147 Å². The van der Waals surface area contributed by atoms with Crippen LogP contribution in [0.15, 0.2) is 23.8 Å². The number of piperidine rings is 1. The lowest BCUT2D eigenvalue weighted by atomic mass is 9.93. The molecule has 0 bridgehead atoms. The van der Waals surface area contributed by atoms with Gasteiger partial charge in [-0.25, -0.2) is 0 Å². The van der Waals surface area contributed by atoms with Crippen LogP contribution >= 0.6 is 0 Å². The molecule has 0 atom stereocenters. The monoisotopic (exact) mass is 344 g/mol. The van der Waals surface area contributed by atoms with Crippen molar-refractivity contribution in [2.24, 2.45) is 11.7 Å². The molecule has 1 aromatic rings. The topological polar surface area (TPSA) is 81.9 Å². The molecule has 2 amide bonds. The van der Waals surface area contributed by atoms with Crippen molar-refractivity contribution in [3.63, 3.8) is 0 Å². The van der Waals surface area contributed by atoms with E-state index in [1.807, 2.05) is 36.1 Å². The second-order valence-corrected chi connectivity index (χ2v) is 6.47. The lowest BCUT2D eigenvalue weighted by molar-refractivity contribution is -0.129. The van der Waals surface area contributed by atoms with Crippen molar-refractivity contribution in [2.75, 3.05) is 26.3 Å². The zero-order valence-electron chi connectivity index (χ0n) is 14.5. The number of nitrogens with two attached hydrogens (primary N) is 1. The summed E-state index contributed by atoms with van der Waals surface area (Å²) < 4.78 is 11.4. The van der Waals surface area contributed by atoms with Crippen LogP contribution in [0, 0.1) is 5.92 Å². The lowest BCUT2D eigenvalue weighted by Crippen LogP contribution is -2.41. The number of fused-ring (bicyclic) bond motifs is 1. The fourth-order valence-corrected chi connectivity index (χ4v) is 3.40.